The highest BCUT2D eigenvalue weighted by molar-refractivity contribution is 7.92. The molecule has 0 spiro atoms. The number of sulfonamides is 1. The largest absolute Gasteiger partial charge is 0.421 e. The van der Waals surface area contributed by atoms with Crippen LogP contribution in [0.15, 0.2) is 42.7 Å². The van der Waals surface area contributed by atoms with Crippen molar-refractivity contribution in [1.82, 2.24) is 15.0 Å². The van der Waals surface area contributed by atoms with Gasteiger partial charge < -0.3 is 16.4 Å². The van der Waals surface area contributed by atoms with Crippen molar-refractivity contribution in [2.24, 2.45) is 5.73 Å². The molecule has 0 aliphatic heterocycles. The second-order valence-corrected chi connectivity index (χ2v) is 9.61. The maximum absolute atomic E-state index is 13.6. The number of halogens is 4. The van der Waals surface area contributed by atoms with Crippen molar-refractivity contribution in [3.05, 3.63) is 64.6 Å². The highest BCUT2D eigenvalue weighted by Crippen LogP contribution is 2.35. The maximum Gasteiger partial charge on any atom is 0.421 e. The highest BCUT2D eigenvalue weighted by Gasteiger charge is 2.35. The van der Waals surface area contributed by atoms with E-state index in [0.29, 0.717) is 11.9 Å². The van der Waals surface area contributed by atoms with Gasteiger partial charge in [0.2, 0.25) is 21.9 Å². The number of nitrogens with two attached hydrogens (primary N) is 1. The number of anilines is 4. The molecule has 0 radical (unpaired) electrons. The van der Waals surface area contributed by atoms with Gasteiger partial charge in [-0.2, -0.15) is 18.2 Å². The molecule has 15 heteroatoms. The summed E-state index contributed by atoms with van der Waals surface area (Å²) in [5.74, 6) is -1.50. The third-order valence-corrected chi connectivity index (χ3v) is 6.22. The number of nitrogens with zero attached hydrogens (tertiary/aromatic N) is 4. The van der Waals surface area contributed by atoms with E-state index >= 15 is 0 Å². The number of hydrogen-bond donors (Lipinski definition) is 3. The molecule has 1 aromatic carbocycles. The molecule has 0 aliphatic rings. The number of benzene rings is 1. The summed E-state index contributed by atoms with van der Waals surface area (Å²) < 4.78 is 65.5. The van der Waals surface area contributed by atoms with Crippen LogP contribution in [0.2, 0.25) is 5.02 Å². The van der Waals surface area contributed by atoms with E-state index in [-0.39, 0.29) is 34.5 Å². The molecule has 0 saturated heterocycles. The number of aromatic nitrogens is 3. The predicted molar refractivity (Wildman–Crippen MR) is 125 cm³/mol. The minimum absolute atomic E-state index is 0.0328. The molecule has 0 unspecified atom stereocenters. The number of carbonyl (C=O) groups is 1. The van der Waals surface area contributed by atoms with Gasteiger partial charge in [0.15, 0.2) is 0 Å². The topological polar surface area (TPSA) is 143 Å². The van der Waals surface area contributed by atoms with Gasteiger partial charge in [-0.15, -0.1) is 0 Å². The van der Waals surface area contributed by atoms with Crippen molar-refractivity contribution >= 4 is 50.7 Å². The second kappa shape index (κ2) is 9.92. The molecule has 186 valence electrons. The van der Waals surface area contributed by atoms with Gasteiger partial charge in [0.25, 0.3) is 0 Å². The zero-order valence-electron chi connectivity index (χ0n) is 18.3. The number of rotatable bonds is 8. The molecule has 0 fully saturated rings. The molecule has 3 aromatic rings. The molecule has 3 rings (SSSR count). The second-order valence-electron chi connectivity index (χ2n) is 7.19. The first-order chi connectivity index (χ1) is 16.3. The summed E-state index contributed by atoms with van der Waals surface area (Å²) in [6, 6.07) is 7.10. The normalized spacial score (nSPS) is 11.7. The lowest BCUT2D eigenvalue weighted by Gasteiger charge is -2.20. The summed E-state index contributed by atoms with van der Waals surface area (Å²) in [5.41, 5.74) is 4.79. The van der Waals surface area contributed by atoms with E-state index in [1.54, 1.807) is 0 Å². The third-order valence-electron chi connectivity index (χ3n) is 4.71. The van der Waals surface area contributed by atoms with E-state index in [4.69, 9.17) is 17.3 Å². The van der Waals surface area contributed by atoms with Crippen LogP contribution >= 0.6 is 11.6 Å². The Morgan fingerprint density at radius 3 is 2.54 bits per heavy atom. The average molecular weight is 530 g/mol. The Morgan fingerprint density at radius 2 is 1.94 bits per heavy atom. The van der Waals surface area contributed by atoms with Gasteiger partial charge >= 0.3 is 6.18 Å². The zero-order chi connectivity index (χ0) is 26.0. The molecule has 0 bridgehead atoms. The molecular weight excluding hydrogens is 511 g/mol. The first-order valence-electron chi connectivity index (χ1n) is 9.69. The van der Waals surface area contributed by atoms with E-state index in [9.17, 15) is 26.4 Å². The third kappa shape index (κ3) is 6.27. The van der Waals surface area contributed by atoms with Crippen molar-refractivity contribution in [1.29, 1.82) is 0 Å². The Hall–Kier alpha value is -3.65. The predicted octanol–water partition coefficient (Wildman–Crippen LogP) is 3.39. The van der Waals surface area contributed by atoms with Gasteiger partial charge in [-0.25, -0.2) is 13.4 Å². The summed E-state index contributed by atoms with van der Waals surface area (Å²) in [6.07, 6.45) is -1.81. The zero-order valence-corrected chi connectivity index (χ0v) is 19.8. The van der Waals surface area contributed by atoms with Crippen LogP contribution in [-0.2, 0) is 22.7 Å². The summed E-state index contributed by atoms with van der Waals surface area (Å²) in [5, 5.41) is 5.30. The van der Waals surface area contributed by atoms with Gasteiger partial charge in [-0.1, -0.05) is 11.6 Å². The standard InChI is InChI=1S/C20H19ClF3N7O3S/c1-31(35(2,33)34)16-4-3-7-26-15(16)10-27-18-13(20(22,23)24)9-28-19(30-18)29-11-5-6-12(17(25)32)14(21)8-11/h3-9H,10H2,1-2H3,(H2,25,32)(H2,27,28,29,30). The number of pyridine rings is 1. The van der Waals surface area contributed by atoms with Crippen molar-refractivity contribution in [2.45, 2.75) is 12.7 Å². The van der Waals surface area contributed by atoms with Crippen LogP contribution in [0, 0.1) is 0 Å². The fourth-order valence-corrected chi connectivity index (χ4v) is 3.70. The molecule has 0 atom stereocenters. The highest BCUT2D eigenvalue weighted by atomic mass is 35.5. The summed E-state index contributed by atoms with van der Waals surface area (Å²) in [4.78, 5) is 23.0. The van der Waals surface area contributed by atoms with E-state index < -0.39 is 33.5 Å². The number of amides is 1. The van der Waals surface area contributed by atoms with Gasteiger partial charge in [-0.05, 0) is 30.3 Å². The lowest BCUT2D eigenvalue weighted by molar-refractivity contribution is -0.137. The average Bonchev–Trinajstić information content (AvgIpc) is 2.76. The number of carbonyl (C=O) groups excluding carboxylic acids is 1. The SMILES string of the molecule is CN(c1cccnc1CNc1nc(Nc2ccc(C(N)=O)c(Cl)c2)ncc1C(F)(F)F)S(C)(=O)=O. The molecule has 1 amide bonds. The van der Waals surface area contributed by atoms with Crippen LogP contribution in [0.4, 0.5) is 36.3 Å². The molecule has 0 aliphatic carbocycles. The Morgan fingerprint density at radius 1 is 1.23 bits per heavy atom. The molecule has 2 aromatic heterocycles. The number of hydrogen-bond acceptors (Lipinski definition) is 8. The molecule has 2 heterocycles. The van der Waals surface area contributed by atoms with Crippen molar-refractivity contribution < 1.29 is 26.4 Å². The van der Waals surface area contributed by atoms with E-state index in [1.807, 2.05) is 0 Å². The van der Waals surface area contributed by atoms with Gasteiger partial charge in [0.05, 0.1) is 34.8 Å². The lowest BCUT2D eigenvalue weighted by Crippen LogP contribution is -2.26. The van der Waals surface area contributed by atoms with E-state index in [2.05, 4.69) is 25.6 Å². The minimum atomic E-state index is -4.77. The van der Waals surface area contributed by atoms with Crippen LogP contribution in [0.25, 0.3) is 0 Å². The summed E-state index contributed by atoms with van der Waals surface area (Å²) in [6.45, 7) is -0.269. The van der Waals surface area contributed by atoms with Crippen LogP contribution in [0.3, 0.4) is 0 Å². The number of primary amides is 1. The van der Waals surface area contributed by atoms with Gasteiger partial charge in [0, 0.05) is 25.1 Å². The van der Waals surface area contributed by atoms with E-state index in [0.717, 1.165) is 10.6 Å². The van der Waals surface area contributed by atoms with E-state index in [1.165, 1.54) is 43.6 Å². The monoisotopic (exact) mass is 529 g/mol. The minimum Gasteiger partial charge on any atom is -0.366 e. The van der Waals surface area contributed by atoms with Crippen molar-refractivity contribution in [3.8, 4) is 0 Å². The fourth-order valence-electron chi connectivity index (χ4n) is 2.90. The Labute approximate surface area is 203 Å². The Balaban J connectivity index is 1.92. The lowest BCUT2D eigenvalue weighted by atomic mass is 10.2. The molecular formula is C20H19ClF3N7O3S. The molecule has 10 nitrogen and oxygen atoms in total. The quantitative estimate of drug-likeness (QED) is 0.403. The fraction of sp³-hybridized carbons (Fsp3) is 0.200. The molecule has 0 saturated carbocycles. The van der Waals surface area contributed by atoms with Crippen molar-refractivity contribution in [3.63, 3.8) is 0 Å². The smallest absolute Gasteiger partial charge is 0.366 e. The maximum atomic E-state index is 13.6. The number of alkyl halides is 3. The first-order valence-corrected chi connectivity index (χ1v) is 11.9. The number of nitrogens with one attached hydrogen (secondary N) is 2. The molecule has 35 heavy (non-hydrogen) atoms. The van der Waals surface area contributed by atoms with Crippen LogP contribution < -0.4 is 20.7 Å². The first kappa shape index (κ1) is 26.0. The summed E-state index contributed by atoms with van der Waals surface area (Å²) in [7, 11) is -2.33. The van der Waals surface area contributed by atoms with Gasteiger partial charge in [-0.3, -0.25) is 14.1 Å². The van der Waals surface area contributed by atoms with Crippen LogP contribution in [-0.4, -0.2) is 42.6 Å². The van der Waals surface area contributed by atoms with Crippen LogP contribution in [0.5, 0.6) is 0 Å². The summed E-state index contributed by atoms with van der Waals surface area (Å²) >= 11 is 6.00. The molecule has 4 N–H and O–H groups in total. The Kier molecular flexibility index (Phi) is 7.36. The van der Waals surface area contributed by atoms with Crippen molar-refractivity contribution in [2.75, 3.05) is 28.2 Å². The van der Waals surface area contributed by atoms with Gasteiger partial charge in [0.1, 0.15) is 11.4 Å². The van der Waals surface area contributed by atoms with Crippen LogP contribution in [0.1, 0.15) is 21.6 Å². The Bertz CT molecular complexity index is 1370.